The molecule has 3 N–H and O–H groups in total. The number of amides is 1. The van der Waals surface area contributed by atoms with Crippen molar-refractivity contribution >= 4 is 22.4 Å². The fraction of sp³-hybridized carbons (Fsp3) is 0.308. The molecule has 0 aromatic carbocycles. The molecule has 0 atom stereocenters. The third-order valence-corrected chi connectivity index (χ3v) is 4.08. The molecule has 0 saturated heterocycles. The van der Waals surface area contributed by atoms with Gasteiger partial charge in [-0.3, -0.25) is 9.78 Å². The fourth-order valence-electron chi connectivity index (χ4n) is 2.08. The van der Waals surface area contributed by atoms with Gasteiger partial charge in [-0.15, -0.1) is 11.3 Å². The first-order chi connectivity index (χ1) is 9.20. The van der Waals surface area contributed by atoms with Gasteiger partial charge in [-0.2, -0.15) is 0 Å². The van der Waals surface area contributed by atoms with Gasteiger partial charge in [0.1, 0.15) is 5.69 Å². The van der Waals surface area contributed by atoms with E-state index in [-0.39, 0.29) is 11.3 Å². The molecule has 3 rings (SSSR count). The molecule has 2 aromatic heterocycles. The number of carbonyl (C=O) groups is 1. The summed E-state index contributed by atoms with van der Waals surface area (Å²) in [6.45, 7) is 0.597. The molecule has 0 aliphatic heterocycles. The molecule has 2 aromatic rings. The Morgan fingerprint density at radius 2 is 2.32 bits per heavy atom. The smallest absolute Gasteiger partial charge is 0.270 e. The molecule has 0 bridgehead atoms. The van der Waals surface area contributed by atoms with E-state index in [9.17, 15) is 4.79 Å². The molecule has 0 unspecified atom stereocenters. The van der Waals surface area contributed by atoms with E-state index in [0.717, 1.165) is 18.5 Å². The minimum atomic E-state index is -0.171. The lowest BCUT2D eigenvalue weighted by Gasteiger charge is -2.14. The molecule has 98 valence electrons. The van der Waals surface area contributed by atoms with Crippen LogP contribution in [0.15, 0.2) is 29.8 Å². The molecular formula is C13H14N4OS. The van der Waals surface area contributed by atoms with Crippen molar-refractivity contribution in [2.75, 3.05) is 12.3 Å². The maximum atomic E-state index is 11.9. The summed E-state index contributed by atoms with van der Waals surface area (Å²) in [5, 5.41) is 5.01. The lowest BCUT2D eigenvalue weighted by molar-refractivity contribution is 0.0945. The highest BCUT2D eigenvalue weighted by Crippen LogP contribution is 2.46. The summed E-state index contributed by atoms with van der Waals surface area (Å²) < 4.78 is 0. The Hall–Kier alpha value is -1.95. The van der Waals surface area contributed by atoms with E-state index in [1.807, 2.05) is 18.2 Å². The van der Waals surface area contributed by atoms with Gasteiger partial charge >= 0.3 is 0 Å². The first-order valence-electron chi connectivity index (χ1n) is 6.10. The Morgan fingerprint density at radius 1 is 1.47 bits per heavy atom. The summed E-state index contributed by atoms with van der Waals surface area (Å²) >= 11 is 1.27. The Morgan fingerprint density at radius 3 is 2.89 bits per heavy atom. The van der Waals surface area contributed by atoms with Crippen LogP contribution in [0.2, 0.25) is 0 Å². The summed E-state index contributed by atoms with van der Waals surface area (Å²) in [6, 6.07) is 5.89. The molecule has 1 saturated carbocycles. The standard InChI is InChI=1S/C13H14N4OS/c14-12-17-9(7-19-12)11(18)16-8-13(4-5-13)10-3-1-2-6-15-10/h1-3,6-7H,4-5,8H2,(H2,14,17)(H,16,18). The van der Waals surface area contributed by atoms with Crippen molar-refractivity contribution in [3.05, 3.63) is 41.2 Å². The van der Waals surface area contributed by atoms with Gasteiger partial charge < -0.3 is 11.1 Å². The second-order valence-electron chi connectivity index (χ2n) is 4.75. The number of nitrogens with one attached hydrogen (secondary N) is 1. The molecule has 1 amide bonds. The minimum absolute atomic E-state index is 0.0124. The van der Waals surface area contributed by atoms with Crippen molar-refractivity contribution in [2.45, 2.75) is 18.3 Å². The summed E-state index contributed by atoms with van der Waals surface area (Å²) in [7, 11) is 0. The third-order valence-electron chi connectivity index (χ3n) is 3.40. The summed E-state index contributed by atoms with van der Waals surface area (Å²) in [4.78, 5) is 20.3. The second kappa shape index (κ2) is 4.62. The van der Waals surface area contributed by atoms with Crippen molar-refractivity contribution in [2.24, 2.45) is 0 Å². The Labute approximate surface area is 114 Å². The monoisotopic (exact) mass is 274 g/mol. The number of anilines is 1. The largest absolute Gasteiger partial charge is 0.375 e. The van der Waals surface area contributed by atoms with E-state index in [1.165, 1.54) is 11.3 Å². The molecular weight excluding hydrogens is 260 g/mol. The maximum absolute atomic E-state index is 11.9. The zero-order valence-corrected chi connectivity index (χ0v) is 11.1. The van der Waals surface area contributed by atoms with Crippen LogP contribution in [0.25, 0.3) is 0 Å². The average molecular weight is 274 g/mol. The van der Waals surface area contributed by atoms with Crippen molar-refractivity contribution in [1.29, 1.82) is 0 Å². The quantitative estimate of drug-likeness (QED) is 0.887. The topological polar surface area (TPSA) is 80.9 Å². The number of thiazole rings is 1. The number of pyridine rings is 1. The molecule has 5 nitrogen and oxygen atoms in total. The molecule has 19 heavy (non-hydrogen) atoms. The molecule has 6 heteroatoms. The molecule has 1 fully saturated rings. The predicted molar refractivity (Wildman–Crippen MR) is 74.0 cm³/mol. The minimum Gasteiger partial charge on any atom is -0.375 e. The van der Waals surface area contributed by atoms with Crippen LogP contribution in [-0.4, -0.2) is 22.4 Å². The van der Waals surface area contributed by atoms with E-state index in [2.05, 4.69) is 15.3 Å². The van der Waals surface area contributed by atoms with Crippen LogP contribution >= 0.6 is 11.3 Å². The van der Waals surface area contributed by atoms with E-state index < -0.39 is 0 Å². The zero-order valence-electron chi connectivity index (χ0n) is 10.3. The average Bonchev–Trinajstić information content (AvgIpc) is 3.12. The van der Waals surface area contributed by atoms with Crippen LogP contribution in [0.4, 0.5) is 5.13 Å². The Balaban J connectivity index is 1.65. The highest BCUT2D eigenvalue weighted by molar-refractivity contribution is 7.13. The summed E-state index contributed by atoms with van der Waals surface area (Å²) in [5.41, 5.74) is 6.97. The number of hydrogen-bond donors (Lipinski definition) is 2. The highest BCUT2D eigenvalue weighted by Gasteiger charge is 2.45. The van der Waals surface area contributed by atoms with Crippen LogP contribution in [0.3, 0.4) is 0 Å². The van der Waals surface area contributed by atoms with Crippen LogP contribution < -0.4 is 11.1 Å². The van der Waals surface area contributed by atoms with Crippen LogP contribution in [0.5, 0.6) is 0 Å². The van der Waals surface area contributed by atoms with Crippen molar-refractivity contribution in [1.82, 2.24) is 15.3 Å². The lowest BCUT2D eigenvalue weighted by Crippen LogP contribution is -2.32. The van der Waals surface area contributed by atoms with Gasteiger partial charge in [0.2, 0.25) is 0 Å². The number of aromatic nitrogens is 2. The number of rotatable bonds is 4. The third kappa shape index (κ3) is 2.44. The normalized spacial score (nSPS) is 16.0. The molecule has 0 radical (unpaired) electrons. The van der Waals surface area contributed by atoms with E-state index in [0.29, 0.717) is 17.4 Å². The summed E-state index contributed by atoms with van der Waals surface area (Å²) in [5.74, 6) is -0.171. The number of nitrogens with two attached hydrogens (primary N) is 1. The van der Waals surface area contributed by atoms with Gasteiger partial charge in [-0.1, -0.05) is 6.07 Å². The van der Waals surface area contributed by atoms with E-state index in [4.69, 9.17) is 5.73 Å². The number of hydrogen-bond acceptors (Lipinski definition) is 5. The van der Waals surface area contributed by atoms with Crippen molar-refractivity contribution < 1.29 is 4.79 Å². The first kappa shape index (κ1) is 12.1. The van der Waals surface area contributed by atoms with E-state index in [1.54, 1.807) is 11.6 Å². The van der Waals surface area contributed by atoms with Gasteiger partial charge in [0.25, 0.3) is 5.91 Å². The summed E-state index contributed by atoms with van der Waals surface area (Å²) in [6.07, 6.45) is 3.91. The van der Waals surface area contributed by atoms with Crippen LogP contribution in [-0.2, 0) is 5.41 Å². The maximum Gasteiger partial charge on any atom is 0.270 e. The molecule has 1 aliphatic rings. The fourth-order valence-corrected chi connectivity index (χ4v) is 2.63. The first-order valence-corrected chi connectivity index (χ1v) is 6.98. The van der Waals surface area contributed by atoms with Gasteiger partial charge in [-0.25, -0.2) is 4.98 Å². The molecule has 1 aliphatic carbocycles. The Kier molecular flexibility index (Phi) is 2.94. The lowest BCUT2D eigenvalue weighted by atomic mass is 10.0. The van der Waals surface area contributed by atoms with Crippen molar-refractivity contribution in [3.8, 4) is 0 Å². The van der Waals surface area contributed by atoms with Crippen LogP contribution in [0, 0.1) is 0 Å². The van der Waals surface area contributed by atoms with Crippen molar-refractivity contribution in [3.63, 3.8) is 0 Å². The number of nitrogens with zero attached hydrogens (tertiary/aromatic N) is 2. The zero-order chi connectivity index (χ0) is 13.3. The number of nitrogen functional groups attached to an aromatic ring is 1. The molecule has 0 spiro atoms. The highest BCUT2D eigenvalue weighted by atomic mass is 32.1. The predicted octanol–water partition coefficient (Wildman–Crippen LogP) is 1.58. The van der Waals surface area contributed by atoms with E-state index >= 15 is 0 Å². The van der Waals surface area contributed by atoms with Gasteiger partial charge in [-0.05, 0) is 25.0 Å². The molecule has 2 heterocycles. The second-order valence-corrected chi connectivity index (χ2v) is 5.64. The van der Waals surface area contributed by atoms with Crippen LogP contribution in [0.1, 0.15) is 29.0 Å². The van der Waals surface area contributed by atoms with Gasteiger partial charge in [0, 0.05) is 29.2 Å². The van der Waals surface area contributed by atoms with Gasteiger partial charge in [0.15, 0.2) is 5.13 Å². The van der Waals surface area contributed by atoms with Gasteiger partial charge in [0.05, 0.1) is 0 Å². The number of carbonyl (C=O) groups excluding carboxylic acids is 1. The SMILES string of the molecule is Nc1nc(C(=O)NCC2(c3ccccn3)CC2)cs1. The Bertz CT molecular complexity index is 592.